The number of likely N-dealkylation sites (tertiary alicyclic amines) is 1. The van der Waals surface area contributed by atoms with Gasteiger partial charge in [-0.25, -0.2) is 9.67 Å². The quantitative estimate of drug-likeness (QED) is 0.218. The summed E-state index contributed by atoms with van der Waals surface area (Å²) in [4.78, 5) is 22.8. The second-order valence-electron chi connectivity index (χ2n) is 11.0. The summed E-state index contributed by atoms with van der Waals surface area (Å²) in [5.74, 6) is 1.04. The van der Waals surface area contributed by atoms with E-state index in [0.29, 0.717) is 30.2 Å². The molecular formula is C29H33N5O4Si. The van der Waals surface area contributed by atoms with Crippen molar-refractivity contribution in [3.8, 4) is 22.9 Å². The van der Waals surface area contributed by atoms with Crippen LogP contribution in [0.15, 0.2) is 60.9 Å². The van der Waals surface area contributed by atoms with E-state index in [2.05, 4.69) is 34.1 Å². The zero-order chi connectivity index (χ0) is 26.9. The summed E-state index contributed by atoms with van der Waals surface area (Å²) in [6.45, 7) is 8.27. The van der Waals surface area contributed by atoms with Crippen molar-refractivity contribution in [3.63, 3.8) is 0 Å². The fourth-order valence-electron chi connectivity index (χ4n) is 5.50. The molecule has 1 aromatic carbocycles. The first-order valence-corrected chi connectivity index (χ1v) is 16.7. The highest BCUT2D eigenvalue weighted by Crippen LogP contribution is 2.51. The maximum absolute atomic E-state index is 11.2. The normalized spacial score (nSPS) is 20.4. The predicted molar refractivity (Wildman–Crippen MR) is 150 cm³/mol. The summed E-state index contributed by atoms with van der Waals surface area (Å²) in [6.07, 6.45) is 3.57. The lowest BCUT2D eigenvalue weighted by Crippen LogP contribution is -2.26. The summed E-state index contributed by atoms with van der Waals surface area (Å²) in [5, 5.41) is 14.6. The molecule has 2 fully saturated rings. The minimum atomic E-state index is -0.649. The van der Waals surface area contributed by atoms with Gasteiger partial charge in [-0.2, -0.15) is 5.10 Å². The van der Waals surface area contributed by atoms with E-state index in [-0.39, 0.29) is 5.92 Å². The van der Waals surface area contributed by atoms with Gasteiger partial charge in [0.2, 0.25) is 5.88 Å². The molecule has 3 atom stereocenters. The number of hydrogen-bond donors (Lipinski definition) is 1. The number of hydrogen-bond acceptors (Lipinski definition) is 7. The molecule has 0 radical (unpaired) electrons. The van der Waals surface area contributed by atoms with Crippen molar-refractivity contribution < 1.29 is 19.4 Å². The minimum Gasteiger partial charge on any atom is -0.481 e. The number of ether oxygens (including phenoxy) is 2. The number of pyridine rings is 2. The molecule has 1 aliphatic carbocycles. The van der Waals surface area contributed by atoms with E-state index in [1.807, 2.05) is 47.1 Å². The van der Waals surface area contributed by atoms with Crippen LogP contribution in [0.5, 0.6) is 11.6 Å². The first kappa shape index (κ1) is 25.7. The molecule has 2 aliphatic rings. The highest BCUT2D eigenvalue weighted by Gasteiger charge is 2.59. The summed E-state index contributed by atoms with van der Waals surface area (Å²) in [5.41, 5.74) is 3.80. The van der Waals surface area contributed by atoms with Crippen LogP contribution >= 0.6 is 0 Å². The highest BCUT2D eigenvalue weighted by molar-refractivity contribution is 6.55. The molecule has 0 unspecified atom stereocenters. The number of carboxylic acid groups (broad SMARTS) is 1. The smallest absolute Gasteiger partial charge is 0.307 e. The monoisotopic (exact) mass is 543 g/mol. The standard InChI is InChI=1S/C29H33N5O4Si/c1-39(2)12-11-37-18-34-26(9-10-31-34)20-4-8-27(30-14-20)38-22-6-7-25-19(13-22)3-5-21(32-25)15-33-16-23-24(17-33)28(23)29(35)36/h3-10,13-14,23-24,28,39H,11-12,15-18H2,1-2H3,(H,35,36)/t23-,24+,28+. The SMILES string of the molecule is C[SiH](C)CCOCn1nccc1-c1ccc(Oc2ccc3nc(CN4C[C@@H]5[C@H](C4)[C@H]5C(=O)O)ccc3c2)nc1. The molecule has 202 valence electrons. The van der Waals surface area contributed by atoms with Gasteiger partial charge < -0.3 is 14.6 Å². The molecule has 4 aromatic rings. The molecule has 3 aromatic heterocycles. The summed E-state index contributed by atoms with van der Waals surface area (Å²) in [7, 11) is -0.615. The Morgan fingerprint density at radius 3 is 2.69 bits per heavy atom. The van der Waals surface area contributed by atoms with E-state index in [1.54, 1.807) is 12.4 Å². The molecule has 1 saturated heterocycles. The van der Waals surface area contributed by atoms with Gasteiger partial charge in [-0.15, -0.1) is 0 Å². The molecule has 1 N–H and O–H groups in total. The molecule has 10 heteroatoms. The van der Waals surface area contributed by atoms with E-state index in [0.717, 1.165) is 60.1 Å². The average molecular weight is 544 g/mol. The van der Waals surface area contributed by atoms with Crippen molar-refractivity contribution in [3.05, 3.63) is 66.6 Å². The lowest BCUT2D eigenvalue weighted by atomic mass is 10.2. The van der Waals surface area contributed by atoms with Crippen LogP contribution in [-0.4, -0.2) is 64.2 Å². The lowest BCUT2D eigenvalue weighted by molar-refractivity contribution is -0.139. The van der Waals surface area contributed by atoms with Gasteiger partial charge in [0, 0.05) is 64.4 Å². The van der Waals surface area contributed by atoms with Crippen molar-refractivity contribution in [1.29, 1.82) is 0 Å². The number of carboxylic acids is 1. The van der Waals surface area contributed by atoms with E-state index >= 15 is 0 Å². The topological polar surface area (TPSA) is 103 Å². The van der Waals surface area contributed by atoms with Crippen molar-refractivity contribution in [1.82, 2.24) is 24.6 Å². The van der Waals surface area contributed by atoms with Crippen LogP contribution in [0.3, 0.4) is 0 Å². The van der Waals surface area contributed by atoms with Gasteiger partial charge in [0.05, 0.1) is 22.8 Å². The second kappa shape index (κ2) is 10.9. The molecule has 9 nitrogen and oxygen atoms in total. The zero-order valence-corrected chi connectivity index (χ0v) is 23.4. The van der Waals surface area contributed by atoms with E-state index in [4.69, 9.17) is 14.5 Å². The van der Waals surface area contributed by atoms with Crippen molar-refractivity contribution in [2.45, 2.75) is 32.4 Å². The first-order valence-electron chi connectivity index (χ1n) is 13.5. The molecule has 4 heterocycles. The maximum Gasteiger partial charge on any atom is 0.307 e. The first-order chi connectivity index (χ1) is 18.9. The zero-order valence-electron chi connectivity index (χ0n) is 22.2. The number of benzene rings is 1. The van der Waals surface area contributed by atoms with Crippen LogP contribution in [0.4, 0.5) is 0 Å². The van der Waals surface area contributed by atoms with E-state index in [1.165, 1.54) is 0 Å². The number of carbonyl (C=O) groups is 1. The number of fused-ring (bicyclic) bond motifs is 2. The third-order valence-electron chi connectivity index (χ3n) is 7.68. The van der Waals surface area contributed by atoms with Crippen LogP contribution in [0.1, 0.15) is 5.69 Å². The molecule has 0 bridgehead atoms. The minimum absolute atomic E-state index is 0.140. The summed E-state index contributed by atoms with van der Waals surface area (Å²) >= 11 is 0. The van der Waals surface area contributed by atoms with Gasteiger partial charge in [-0.3, -0.25) is 14.7 Å². The van der Waals surface area contributed by atoms with E-state index in [9.17, 15) is 9.90 Å². The largest absolute Gasteiger partial charge is 0.481 e. The van der Waals surface area contributed by atoms with Crippen LogP contribution in [0.2, 0.25) is 19.1 Å². The van der Waals surface area contributed by atoms with Gasteiger partial charge in [0.15, 0.2) is 0 Å². The Morgan fingerprint density at radius 1 is 1.10 bits per heavy atom. The van der Waals surface area contributed by atoms with Crippen LogP contribution in [-0.2, 0) is 22.8 Å². The Hall–Kier alpha value is -3.60. The Morgan fingerprint density at radius 2 is 1.95 bits per heavy atom. The maximum atomic E-state index is 11.2. The van der Waals surface area contributed by atoms with Gasteiger partial charge in [-0.1, -0.05) is 19.2 Å². The van der Waals surface area contributed by atoms with Crippen LogP contribution in [0.25, 0.3) is 22.2 Å². The van der Waals surface area contributed by atoms with Crippen LogP contribution in [0, 0.1) is 17.8 Å². The fourth-order valence-corrected chi connectivity index (χ4v) is 6.14. The lowest BCUT2D eigenvalue weighted by Gasteiger charge is -2.18. The second-order valence-corrected chi connectivity index (χ2v) is 14.3. The van der Waals surface area contributed by atoms with Crippen molar-refractivity contribution >= 4 is 25.7 Å². The van der Waals surface area contributed by atoms with Gasteiger partial charge in [-0.05, 0) is 54.3 Å². The molecule has 1 aliphatic heterocycles. The summed E-state index contributed by atoms with van der Waals surface area (Å²) < 4.78 is 13.7. The van der Waals surface area contributed by atoms with Gasteiger partial charge >= 0.3 is 5.97 Å². The van der Waals surface area contributed by atoms with Gasteiger partial charge in [0.1, 0.15) is 12.5 Å². The molecule has 39 heavy (non-hydrogen) atoms. The highest BCUT2D eigenvalue weighted by atomic mass is 28.3. The Bertz CT molecular complexity index is 1460. The number of piperidine rings is 1. The third-order valence-corrected chi connectivity index (χ3v) is 9.07. The third kappa shape index (κ3) is 5.73. The van der Waals surface area contributed by atoms with Crippen molar-refractivity contribution in [2.75, 3.05) is 19.7 Å². The predicted octanol–water partition coefficient (Wildman–Crippen LogP) is 4.51. The van der Waals surface area contributed by atoms with E-state index < -0.39 is 14.8 Å². The molecule has 1 saturated carbocycles. The fraction of sp³-hybridized carbons (Fsp3) is 0.379. The number of aromatic nitrogens is 4. The molecule has 6 rings (SSSR count). The Balaban J connectivity index is 1.06. The number of nitrogens with zero attached hydrogens (tertiary/aromatic N) is 5. The number of aliphatic carboxylic acids is 1. The van der Waals surface area contributed by atoms with Crippen LogP contribution < -0.4 is 4.74 Å². The number of rotatable bonds is 11. The van der Waals surface area contributed by atoms with Gasteiger partial charge in [0.25, 0.3) is 0 Å². The summed E-state index contributed by atoms with van der Waals surface area (Å²) in [6, 6.07) is 16.9. The molecular weight excluding hydrogens is 510 g/mol. The Labute approximate surface area is 229 Å². The average Bonchev–Trinajstić information content (AvgIpc) is 3.22. The molecule has 0 amide bonds. The molecule has 0 spiro atoms. The van der Waals surface area contributed by atoms with Crippen molar-refractivity contribution in [2.24, 2.45) is 17.8 Å². The Kier molecular flexibility index (Phi) is 7.16.